The highest BCUT2D eigenvalue weighted by Gasteiger charge is 2.33. The lowest BCUT2D eigenvalue weighted by Crippen LogP contribution is -2.31. The van der Waals surface area contributed by atoms with Gasteiger partial charge in [-0.3, -0.25) is 4.79 Å². The van der Waals surface area contributed by atoms with E-state index in [0.717, 1.165) is 16.8 Å². The van der Waals surface area contributed by atoms with Crippen molar-refractivity contribution >= 4 is 17.5 Å². The van der Waals surface area contributed by atoms with Crippen LogP contribution in [0.2, 0.25) is 0 Å². The Hall–Kier alpha value is -3.61. The molecule has 2 aromatic carbocycles. The summed E-state index contributed by atoms with van der Waals surface area (Å²) in [4.78, 5) is 17.6. The molecule has 4 rings (SSSR count). The molecule has 1 amide bonds. The van der Waals surface area contributed by atoms with Gasteiger partial charge in [-0.1, -0.05) is 36.4 Å². The lowest BCUT2D eigenvalue weighted by molar-refractivity contribution is -0.113. The second-order valence-electron chi connectivity index (χ2n) is 6.66. The molecule has 1 aliphatic heterocycles. The summed E-state index contributed by atoms with van der Waals surface area (Å²) in [5.41, 5.74) is 3.92. The fourth-order valence-electron chi connectivity index (χ4n) is 3.44. The molecule has 1 aliphatic rings. The van der Waals surface area contributed by atoms with Gasteiger partial charge in [-0.15, -0.1) is 0 Å². The van der Waals surface area contributed by atoms with Crippen molar-refractivity contribution in [2.45, 2.75) is 19.9 Å². The van der Waals surface area contributed by atoms with Gasteiger partial charge in [-0.05, 0) is 37.1 Å². The van der Waals surface area contributed by atoms with E-state index in [0.29, 0.717) is 23.0 Å². The third-order valence-corrected chi connectivity index (χ3v) is 4.76. The number of ether oxygens (including phenoxy) is 1. The van der Waals surface area contributed by atoms with E-state index in [1.807, 2.05) is 62.4 Å². The van der Waals surface area contributed by atoms with Crippen LogP contribution in [0.4, 0.5) is 11.6 Å². The molecule has 0 saturated carbocycles. The van der Waals surface area contributed by atoms with Gasteiger partial charge in [0.25, 0.3) is 5.91 Å². The highest BCUT2D eigenvalue weighted by Crippen LogP contribution is 2.35. The van der Waals surface area contributed by atoms with Crippen molar-refractivity contribution in [3.05, 3.63) is 77.3 Å². The second kappa shape index (κ2) is 7.19. The van der Waals surface area contributed by atoms with Crippen LogP contribution in [-0.2, 0) is 4.79 Å². The number of hydrogen-bond acceptors (Lipinski definition) is 5. The van der Waals surface area contributed by atoms with Crippen LogP contribution in [0.25, 0.3) is 0 Å². The average Bonchev–Trinajstić information content (AvgIpc) is 3.15. The van der Waals surface area contributed by atoms with E-state index in [4.69, 9.17) is 4.74 Å². The van der Waals surface area contributed by atoms with Gasteiger partial charge in [0.1, 0.15) is 18.1 Å². The van der Waals surface area contributed by atoms with Gasteiger partial charge in [0.15, 0.2) is 0 Å². The molecule has 0 spiro atoms. The van der Waals surface area contributed by atoms with Crippen LogP contribution in [0.5, 0.6) is 5.75 Å². The van der Waals surface area contributed by atoms with Gasteiger partial charge >= 0.3 is 0 Å². The van der Waals surface area contributed by atoms with E-state index < -0.39 is 0 Å². The number of aromatic nitrogens is 3. The zero-order valence-corrected chi connectivity index (χ0v) is 15.9. The maximum atomic E-state index is 13.3. The Bertz CT molecular complexity index is 1060. The van der Waals surface area contributed by atoms with Crippen molar-refractivity contribution in [3.63, 3.8) is 0 Å². The number of carbonyl (C=O) groups is 1. The number of nitrogens with one attached hydrogen (secondary N) is 2. The van der Waals surface area contributed by atoms with Gasteiger partial charge in [0.05, 0.1) is 18.4 Å². The lowest BCUT2D eigenvalue weighted by atomic mass is 9.95. The SMILES string of the molecule is COc1ccc(C)cc1NC(=O)C1=C(C)Nc2ncnn2[C@@H]1c1ccccc1. The van der Waals surface area contributed by atoms with E-state index in [1.54, 1.807) is 11.8 Å². The standard InChI is InChI=1S/C21H21N5O2/c1-13-9-10-17(28-3)16(11-13)25-20(27)18-14(2)24-21-22-12-23-26(21)19(18)15-7-5-4-6-8-15/h4-12,19H,1-3H3,(H,25,27)(H,22,23,24)/t19-/m1/s1. The van der Waals surface area contributed by atoms with Gasteiger partial charge in [0.2, 0.25) is 5.95 Å². The molecule has 0 saturated heterocycles. The first kappa shape index (κ1) is 17.8. The van der Waals surface area contributed by atoms with E-state index in [9.17, 15) is 4.79 Å². The number of allylic oxidation sites excluding steroid dienone is 1. The second-order valence-corrected chi connectivity index (χ2v) is 6.66. The van der Waals surface area contributed by atoms with Crippen LogP contribution < -0.4 is 15.4 Å². The van der Waals surface area contributed by atoms with Crippen molar-refractivity contribution in [3.8, 4) is 5.75 Å². The third kappa shape index (κ3) is 3.11. The number of amides is 1. The molecule has 142 valence electrons. The van der Waals surface area contributed by atoms with Crippen molar-refractivity contribution in [1.82, 2.24) is 14.8 Å². The van der Waals surface area contributed by atoms with Crippen LogP contribution in [0.15, 0.2) is 66.1 Å². The molecule has 3 aromatic rings. The smallest absolute Gasteiger partial charge is 0.255 e. The topological polar surface area (TPSA) is 81.1 Å². The Labute approximate surface area is 163 Å². The van der Waals surface area contributed by atoms with Crippen LogP contribution in [0, 0.1) is 6.92 Å². The summed E-state index contributed by atoms with van der Waals surface area (Å²) in [6, 6.07) is 15.1. The molecule has 2 N–H and O–H groups in total. The number of fused-ring (bicyclic) bond motifs is 1. The third-order valence-electron chi connectivity index (χ3n) is 4.76. The summed E-state index contributed by atoms with van der Waals surface area (Å²) in [6.07, 6.45) is 1.48. The maximum absolute atomic E-state index is 13.3. The van der Waals surface area contributed by atoms with Crippen molar-refractivity contribution in [2.24, 2.45) is 0 Å². The molecular weight excluding hydrogens is 354 g/mol. The molecule has 7 heteroatoms. The summed E-state index contributed by atoms with van der Waals surface area (Å²) >= 11 is 0. The number of aryl methyl sites for hydroxylation is 1. The Morgan fingerprint density at radius 1 is 1.18 bits per heavy atom. The monoisotopic (exact) mass is 375 g/mol. The quantitative estimate of drug-likeness (QED) is 0.729. The van der Waals surface area contributed by atoms with Gasteiger partial charge in [-0.2, -0.15) is 10.1 Å². The van der Waals surface area contributed by atoms with Crippen LogP contribution >= 0.6 is 0 Å². The average molecular weight is 375 g/mol. The molecule has 1 atom stereocenters. The normalized spacial score (nSPS) is 15.6. The first-order valence-electron chi connectivity index (χ1n) is 8.96. The Morgan fingerprint density at radius 3 is 2.71 bits per heavy atom. The molecule has 0 radical (unpaired) electrons. The lowest BCUT2D eigenvalue weighted by Gasteiger charge is -2.28. The molecule has 0 fully saturated rings. The molecule has 0 unspecified atom stereocenters. The molecule has 2 heterocycles. The number of rotatable bonds is 4. The highest BCUT2D eigenvalue weighted by molar-refractivity contribution is 6.06. The summed E-state index contributed by atoms with van der Waals surface area (Å²) in [7, 11) is 1.58. The van der Waals surface area contributed by atoms with E-state index >= 15 is 0 Å². The van der Waals surface area contributed by atoms with Crippen LogP contribution in [0.3, 0.4) is 0 Å². The van der Waals surface area contributed by atoms with Gasteiger partial charge < -0.3 is 15.4 Å². The first-order valence-corrected chi connectivity index (χ1v) is 8.96. The molecule has 0 aliphatic carbocycles. The zero-order valence-electron chi connectivity index (χ0n) is 15.9. The zero-order chi connectivity index (χ0) is 19.7. The number of benzene rings is 2. The van der Waals surface area contributed by atoms with Gasteiger partial charge in [-0.25, -0.2) is 4.68 Å². The predicted molar refractivity (Wildman–Crippen MR) is 107 cm³/mol. The Kier molecular flexibility index (Phi) is 4.57. The fourth-order valence-corrected chi connectivity index (χ4v) is 3.44. The summed E-state index contributed by atoms with van der Waals surface area (Å²) < 4.78 is 7.12. The molecule has 1 aromatic heterocycles. The van der Waals surface area contributed by atoms with Crippen molar-refractivity contribution < 1.29 is 9.53 Å². The van der Waals surface area contributed by atoms with E-state index in [1.165, 1.54) is 6.33 Å². The fraction of sp³-hybridized carbons (Fsp3) is 0.190. The van der Waals surface area contributed by atoms with E-state index in [-0.39, 0.29) is 11.9 Å². The number of hydrogen-bond donors (Lipinski definition) is 2. The number of anilines is 2. The predicted octanol–water partition coefficient (Wildman–Crippen LogP) is 3.52. The minimum Gasteiger partial charge on any atom is -0.495 e. The Balaban J connectivity index is 1.76. The number of nitrogens with zero attached hydrogens (tertiary/aromatic N) is 3. The molecule has 28 heavy (non-hydrogen) atoms. The summed E-state index contributed by atoms with van der Waals surface area (Å²) in [5, 5.41) is 10.5. The van der Waals surface area contributed by atoms with E-state index in [2.05, 4.69) is 20.7 Å². The van der Waals surface area contributed by atoms with Crippen LogP contribution in [0.1, 0.15) is 24.1 Å². The summed E-state index contributed by atoms with van der Waals surface area (Å²) in [5.74, 6) is 0.999. The molecule has 7 nitrogen and oxygen atoms in total. The molecule has 0 bridgehead atoms. The largest absolute Gasteiger partial charge is 0.495 e. The summed E-state index contributed by atoms with van der Waals surface area (Å²) in [6.45, 7) is 3.84. The number of carbonyl (C=O) groups excluding carboxylic acids is 1. The first-order chi connectivity index (χ1) is 13.6. The van der Waals surface area contributed by atoms with Crippen molar-refractivity contribution in [1.29, 1.82) is 0 Å². The minimum absolute atomic E-state index is 0.219. The molecular formula is C21H21N5O2. The minimum atomic E-state index is -0.379. The Morgan fingerprint density at radius 2 is 1.96 bits per heavy atom. The highest BCUT2D eigenvalue weighted by atomic mass is 16.5. The van der Waals surface area contributed by atoms with Gasteiger partial charge in [0, 0.05) is 5.70 Å². The maximum Gasteiger partial charge on any atom is 0.255 e. The number of methoxy groups -OCH3 is 1. The van der Waals surface area contributed by atoms with Crippen molar-refractivity contribution in [2.75, 3.05) is 17.7 Å². The van der Waals surface area contributed by atoms with Crippen LogP contribution in [-0.4, -0.2) is 27.8 Å².